The van der Waals surface area contributed by atoms with Crippen LogP contribution in [0.15, 0.2) is 11.5 Å². The number of thiophene rings is 1. The third kappa shape index (κ3) is 1.54. The quantitative estimate of drug-likeness (QED) is 0.552. The number of hydrogen-bond donors (Lipinski definition) is 0. The molecule has 1 heteroatoms. The molecule has 1 heterocycles. The van der Waals surface area contributed by atoms with E-state index in [0.717, 1.165) is 6.42 Å². The molecule has 60 valence electrons. The molecule has 0 nitrogen and oxygen atoms in total. The summed E-state index contributed by atoms with van der Waals surface area (Å²) in [6.45, 7) is 6.18. The molecule has 0 bridgehead atoms. The Kier molecular flexibility index (Phi) is 2.89. The molecule has 2 rings (SSSR count). The maximum atomic E-state index is 2.23. The molecule has 0 aromatic carbocycles. The molecular formula is C10H14S. The van der Waals surface area contributed by atoms with Crippen LogP contribution in [-0.2, 0) is 6.42 Å². The van der Waals surface area contributed by atoms with Gasteiger partial charge >= 0.3 is 0 Å². The third-order valence-electron chi connectivity index (χ3n) is 1.73. The van der Waals surface area contributed by atoms with Crippen molar-refractivity contribution in [3.05, 3.63) is 27.5 Å². The van der Waals surface area contributed by atoms with E-state index in [0.29, 0.717) is 0 Å². The van der Waals surface area contributed by atoms with Crippen molar-refractivity contribution in [1.29, 1.82) is 0 Å². The molecule has 0 unspecified atom stereocenters. The van der Waals surface area contributed by atoms with Crippen molar-refractivity contribution in [2.24, 2.45) is 0 Å². The van der Waals surface area contributed by atoms with E-state index in [1.165, 1.54) is 10.4 Å². The maximum Gasteiger partial charge on any atom is 0.0305 e. The molecule has 1 aromatic heterocycles. The van der Waals surface area contributed by atoms with Crippen LogP contribution in [0.5, 0.6) is 0 Å². The summed E-state index contributed by atoms with van der Waals surface area (Å²) in [5, 5.41) is 2.23. The van der Waals surface area contributed by atoms with Crippen molar-refractivity contribution in [3.8, 4) is 0 Å². The van der Waals surface area contributed by atoms with E-state index < -0.39 is 0 Å². The van der Waals surface area contributed by atoms with E-state index in [1.807, 2.05) is 25.2 Å². The number of aryl methyl sites for hydroxylation is 1. The largest absolute Gasteiger partial charge is 0.144 e. The topological polar surface area (TPSA) is 0 Å². The van der Waals surface area contributed by atoms with Gasteiger partial charge in [-0.3, -0.25) is 0 Å². The smallest absolute Gasteiger partial charge is 0.0305 e. The number of allylic oxidation sites excluding steroid dienone is 1. The highest BCUT2D eigenvalue weighted by atomic mass is 32.1. The molecule has 0 fully saturated rings. The van der Waals surface area contributed by atoms with Crippen LogP contribution in [0, 0.1) is 6.92 Å². The molecule has 0 amide bonds. The Morgan fingerprint density at radius 3 is 2.73 bits per heavy atom. The minimum atomic E-state index is 1.16. The van der Waals surface area contributed by atoms with Gasteiger partial charge < -0.3 is 0 Å². The van der Waals surface area contributed by atoms with Crippen LogP contribution < -0.4 is 0 Å². The molecule has 0 saturated heterocycles. The summed E-state index contributed by atoms with van der Waals surface area (Å²) in [7, 11) is 0. The van der Waals surface area contributed by atoms with E-state index >= 15 is 0 Å². The van der Waals surface area contributed by atoms with E-state index in [4.69, 9.17) is 0 Å². The van der Waals surface area contributed by atoms with Crippen molar-refractivity contribution in [2.75, 3.05) is 0 Å². The maximum absolute atomic E-state index is 2.23. The fourth-order valence-electron chi connectivity index (χ4n) is 1.17. The van der Waals surface area contributed by atoms with Crippen molar-refractivity contribution >= 4 is 17.4 Å². The second-order valence-corrected chi connectivity index (χ2v) is 3.28. The van der Waals surface area contributed by atoms with E-state index in [9.17, 15) is 0 Å². The highest BCUT2D eigenvalue weighted by molar-refractivity contribution is 7.11. The molecule has 11 heavy (non-hydrogen) atoms. The predicted octanol–water partition coefficient (Wildman–Crippen LogP) is 3.65. The molecule has 0 saturated carbocycles. The lowest BCUT2D eigenvalue weighted by atomic mass is 10.2. The summed E-state index contributed by atoms with van der Waals surface area (Å²) in [6, 6.07) is 0. The normalized spacial score (nSPS) is 12.3. The predicted molar refractivity (Wildman–Crippen MR) is 53.1 cm³/mol. The van der Waals surface area contributed by atoms with Gasteiger partial charge in [-0.25, -0.2) is 0 Å². The Hall–Kier alpha value is -0.560. The van der Waals surface area contributed by atoms with Crippen LogP contribution in [0.1, 0.15) is 29.9 Å². The Morgan fingerprint density at radius 2 is 2.09 bits per heavy atom. The van der Waals surface area contributed by atoms with Crippen LogP contribution in [-0.4, -0.2) is 0 Å². The molecule has 0 N–H and O–H groups in total. The van der Waals surface area contributed by atoms with Crippen molar-refractivity contribution in [3.63, 3.8) is 0 Å². The summed E-state index contributed by atoms with van der Waals surface area (Å²) in [5.74, 6) is 0. The monoisotopic (exact) mass is 166 g/mol. The van der Waals surface area contributed by atoms with E-state index in [1.54, 1.807) is 5.56 Å². The second kappa shape index (κ2) is 3.72. The van der Waals surface area contributed by atoms with Gasteiger partial charge in [0, 0.05) is 4.88 Å². The molecule has 0 radical (unpaired) electrons. The lowest BCUT2D eigenvalue weighted by Crippen LogP contribution is -1.75. The fraction of sp³-hybridized carbons (Fsp3) is 0.400. The molecule has 0 spiro atoms. The molecule has 1 aliphatic carbocycles. The van der Waals surface area contributed by atoms with E-state index in [-0.39, 0.29) is 0 Å². The van der Waals surface area contributed by atoms with Gasteiger partial charge in [-0.15, -0.1) is 11.3 Å². The first-order chi connectivity index (χ1) is 5.38. The SMILES string of the molecule is CC.Cc1csc2c1CC=C2. The Morgan fingerprint density at radius 1 is 1.36 bits per heavy atom. The molecule has 0 aliphatic heterocycles. The lowest BCUT2D eigenvalue weighted by molar-refractivity contribution is 1.28. The van der Waals surface area contributed by atoms with Crippen molar-refractivity contribution in [2.45, 2.75) is 27.2 Å². The van der Waals surface area contributed by atoms with Gasteiger partial charge in [0.2, 0.25) is 0 Å². The van der Waals surface area contributed by atoms with Gasteiger partial charge in [0.05, 0.1) is 0 Å². The van der Waals surface area contributed by atoms with Crippen LogP contribution in [0.2, 0.25) is 0 Å². The van der Waals surface area contributed by atoms with Gasteiger partial charge in [-0.05, 0) is 35.9 Å². The summed E-state index contributed by atoms with van der Waals surface area (Å²) >= 11 is 1.85. The van der Waals surface area contributed by atoms with E-state index in [2.05, 4.69) is 24.5 Å². The highest BCUT2D eigenvalue weighted by Gasteiger charge is 2.08. The van der Waals surface area contributed by atoms with Crippen LogP contribution in [0.25, 0.3) is 6.08 Å². The first kappa shape index (κ1) is 8.54. The van der Waals surface area contributed by atoms with Gasteiger partial charge in [-0.1, -0.05) is 19.9 Å². The summed E-state index contributed by atoms with van der Waals surface area (Å²) in [5.41, 5.74) is 3.00. The zero-order valence-electron chi connectivity index (χ0n) is 7.35. The van der Waals surface area contributed by atoms with Crippen molar-refractivity contribution < 1.29 is 0 Å². The van der Waals surface area contributed by atoms with Gasteiger partial charge in [0.25, 0.3) is 0 Å². The average Bonchev–Trinajstić information content (AvgIpc) is 2.60. The molecule has 1 aromatic rings. The minimum Gasteiger partial charge on any atom is -0.144 e. The summed E-state index contributed by atoms with van der Waals surface area (Å²) < 4.78 is 0. The Balaban J connectivity index is 0.000000281. The lowest BCUT2D eigenvalue weighted by Gasteiger charge is -1.88. The minimum absolute atomic E-state index is 1.16. The van der Waals surface area contributed by atoms with Crippen LogP contribution in [0.4, 0.5) is 0 Å². The zero-order valence-corrected chi connectivity index (χ0v) is 8.16. The second-order valence-electron chi connectivity index (χ2n) is 2.37. The first-order valence-electron chi connectivity index (χ1n) is 4.11. The van der Waals surface area contributed by atoms with Gasteiger partial charge in [0.15, 0.2) is 0 Å². The molecule has 0 atom stereocenters. The number of hydrogen-bond acceptors (Lipinski definition) is 1. The zero-order chi connectivity index (χ0) is 8.27. The number of rotatable bonds is 0. The third-order valence-corrected chi connectivity index (χ3v) is 2.84. The van der Waals surface area contributed by atoms with Gasteiger partial charge in [-0.2, -0.15) is 0 Å². The first-order valence-corrected chi connectivity index (χ1v) is 4.99. The van der Waals surface area contributed by atoms with Crippen molar-refractivity contribution in [1.82, 2.24) is 0 Å². The fourth-order valence-corrected chi connectivity index (χ4v) is 2.18. The van der Waals surface area contributed by atoms with Gasteiger partial charge in [0.1, 0.15) is 0 Å². The van der Waals surface area contributed by atoms with Crippen LogP contribution >= 0.6 is 11.3 Å². The highest BCUT2D eigenvalue weighted by Crippen LogP contribution is 2.28. The molecule has 1 aliphatic rings. The average molecular weight is 166 g/mol. The Labute approximate surface area is 72.6 Å². The number of fused-ring (bicyclic) bond motifs is 1. The van der Waals surface area contributed by atoms with Crippen LogP contribution in [0.3, 0.4) is 0 Å². The Bertz CT molecular complexity index is 256. The summed E-state index contributed by atoms with van der Waals surface area (Å²) in [4.78, 5) is 1.47. The summed E-state index contributed by atoms with van der Waals surface area (Å²) in [6.07, 6.45) is 5.60. The molecular weight excluding hydrogens is 152 g/mol. The standard InChI is InChI=1S/C8H8S.C2H6/c1-6-5-9-8-4-2-3-7(6)8;1-2/h2,4-5H,3H2,1H3;1-2H3.